The third-order valence-electron chi connectivity index (χ3n) is 2.04. The second-order valence-corrected chi connectivity index (χ2v) is 4.16. The van der Waals surface area contributed by atoms with Crippen LogP contribution in [-0.2, 0) is 4.79 Å². The molecule has 0 radical (unpaired) electrons. The van der Waals surface area contributed by atoms with Gasteiger partial charge in [0.2, 0.25) is 0 Å². The fraction of sp³-hybridized carbons (Fsp3) is 0.200. The Morgan fingerprint density at radius 2 is 2.33 bits per heavy atom. The Kier molecular flexibility index (Phi) is 4.78. The molecule has 0 saturated carbocycles. The quantitative estimate of drug-likeness (QED) is 0.488. The van der Waals surface area contributed by atoms with Crippen molar-refractivity contribution in [3.05, 3.63) is 39.6 Å². The summed E-state index contributed by atoms with van der Waals surface area (Å²) in [5.74, 6) is -1.09. The van der Waals surface area contributed by atoms with Crippen LogP contribution in [0.5, 0.6) is 0 Å². The molecular weight excluding hydrogens is 306 g/mol. The first-order chi connectivity index (χ1) is 8.47. The number of carboxylic acids is 1. The standard InChI is InChI=1S/C10H10BrN3O4/c1-2-3-13(6-9(15)16)10-7(11)4-12-5-8(10)14(17)18/h2,4-5H,1,3,6H2,(H,15,16). The average molecular weight is 316 g/mol. The molecule has 1 rings (SSSR count). The van der Waals surface area contributed by atoms with Gasteiger partial charge in [-0.1, -0.05) is 6.08 Å². The highest BCUT2D eigenvalue weighted by molar-refractivity contribution is 9.10. The second-order valence-electron chi connectivity index (χ2n) is 3.31. The predicted molar refractivity (Wildman–Crippen MR) is 68.6 cm³/mol. The molecule has 0 unspecified atom stereocenters. The number of nitrogens with zero attached hydrogens (tertiary/aromatic N) is 3. The molecule has 1 heterocycles. The lowest BCUT2D eigenvalue weighted by atomic mass is 10.3. The van der Waals surface area contributed by atoms with Crippen molar-refractivity contribution in [2.75, 3.05) is 18.0 Å². The van der Waals surface area contributed by atoms with Gasteiger partial charge in [-0.25, -0.2) is 0 Å². The molecule has 1 aromatic rings. The van der Waals surface area contributed by atoms with E-state index in [2.05, 4.69) is 27.5 Å². The monoisotopic (exact) mass is 315 g/mol. The minimum absolute atomic E-state index is 0.176. The summed E-state index contributed by atoms with van der Waals surface area (Å²) in [6.07, 6.45) is 3.93. The first kappa shape index (κ1) is 14.1. The molecule has 1 N–H and O–H groups in total. The van der Waals surface area contributed by atoms with E-state index in [-0.39, 0.29) is 24.5 Å². The summed E-state index contributed by atoms with van der Waals surface area (Å²) in [4.78, 5) is 26.1. The van der Waals surface area contributed by atoms with Crippen LogP contribution >= 0.6 is 15.9 Å². The van der Waals surface area contributed by atoms with Gasteiger partial charge in [0.1, 0.15) is 18.4 Å². The van der Waals surface area contributed by atoms with Crippen LogP contribution in [0.15, 0.2) is 29.5 Å². The number of halogens is 1. The summed E-state index contributed by atoms with van der Waals surface area (Å²) < 4.78 is 0.361. The van der Waals surface area contributed by atoms with Crippen LogP contribution in [0.1, 0.15) is 0 Å². The molecule has 0 aliphatic heterocycles. The Hall–Kier alpha value is -1.96. The van der Waals surface area contributed by atoms with Crippen LogP contribution in [0.4, 0.5) is 11.4 Å². The minimum atomic E-state index is -1.09. The van der Waals surface area contributed by atoms with Crippen molar-refractivity contribution in [2.24, 2.45) is 0 Å². The number of aliphatic carboxylic acids is 1. The maximum Gasteiger partial charge on any atom is 0.323 e. The molecule has 96 valence electrons. The molecule has 7 nitrogen and oxygen atoms in total. The molecule has 1 aromatic heterocycles. The fourth-order valence-electron chi connectivity index (χ4n) is 1.42. The topological polar surface area (TPSA) is 96.6 Å². The largest absolute Gasteiger partial charge is 0.480 e. The van der Waals surface area contributed by atoms with Crippen LogP contribution in [0.3, 0.4) is 0 Å². The van der Waals surface area contributed by atoms with E-state index in [9.17, 15) is 14.9 Å². The van der Waals surface area contributed by atoms with E-state index in [0.717, 1.165) is 6.20 Å². The number of aromatic nitrogens is 1. The van der Waals surface area contributed by atoms with Crippen LogP contribution < -0.4 is 4.90 Å². The average Bonchev–Trinajstić information content (AvgIpc) is 2.27. The molecule has 0 fully saturated rings. The number of pyridine rings is 1. The maximum atomic E-state index is 10.9. The summed E-state index contributed by atoms with van der Waals surface area (Å²) in [6.45, 7) is 3.31. The minimum Gasteiger partial charge on any atom is -0.480 e. The van der Waals surface area contributed by atoms with E-state index < -0.39 is 10.9 Å². The van der Waals surface area contributed by atoms with Gasteiger partial charge in [-0.3, -0.25) is 19.9 Å². The van der Waals surface area contributed by atoms with Crippen LogP contribution in [-0.4, -0.2) is 34.1 Å². The summed E-state index contributed by atoms with van der Waals surface area (Å²) >= 11 is 3.14. The van der Waals surface area contributed by atoms with Gasteiger partial charge in [-0.2, -0.15) is 0 Å². The van der Waals surface area contributed by atoms with Crippen molar-refractivity contribution >= 4 is 33.3 Å². The molecular formula is C10H10BrN3O4. The second kappa shape index (κ2) is 6.10. The van der Waals surface area contributed by atoms with Crippen molar-refractivity contribution in [3.8, 4) is 0 Å². The number of hydrogen-bond acceptors (Lipinski definition) is 5. The summed E-state index contributed by atoms with van der Waals surface area (Å²) in [6, 6.07) is 0. The van der Waals surface area contributed by atoms with Crippen molar-refractivity contribution in [1.29, 1.82) is 0 Å². The van der Waals surface area contributed by atoms with Gasteiger partial charge in [0, 0.05) is 12.7 Å². The molecule has 8 heteroatoms. The normalized spacial score (nSPS) is 9.83. The highest BCUT2D eigenvalue weighted by Gasteiger charge is 2.23. The number of hydrogen-bond donors (Lipinski definition) is 1. The van der Waals surface area contributed by atoms with Crippen molar-refractivity contribution in [3.63, 3.8) is 0 Å². The van der Waals surface area contributed by atoms with Crippen molar-refractivity contribution < 1.29 is 14.8 Å². The van der Waals surface area contributed by atoms with E-state index >= 15 is 0 Å². The SMILES string of the molecule is C=CCN(CC(=O)O)c1c(Br)cncc1[N+](=O)[O-]. The molecule has 0 aliphatic rings. The lowest BCUT2D eigenvalue weighted by molar-refractivity contribution is -0.384. The fourth-order valence-corrected chi connectivity index (χ4v) is 1.99. The van der Waals surface area contributed by atoms with Crippen molar-refractivity contribution in [2.45, 2.75) is 0 Å². The van der Waals surface area contributed by atoms with Gasteiger partial charge >= 0.3 is 11.7 Å². The van der Waals surface area contributed by atoms with Gasteiger partial charge in [0.05, 0.1) is 9.40 Å². The molecule has 0 saturated heterocycles. The van der Waals surface area contributed by atoms with Crippen molar-refractivity contribution in [1.82, 2.24) is 4.98 Å². The third kappa shape index (κ3) is 3.27. The first-order valence-electron chi connectivity index (χ1n) is 4.83. The Bertz CT molecular complexity index is 492. The lowest BCUT2D eigenvalue weighted by Gasteiger charge is -2.21. The first-order valence-corrected chi connectivity index (χ1v) is 5.62. The number of carboxylic acid groups (broad SMARTS) is 1. The van der Waals surface area contributed by atoms with Crippen LogP contribution in [0, 0.1) is 10.1 Å². The number of anilines is 1. The number of rotatable bonds is 6. The lowest BCUT2D eigenvalue weighted by Crippen LogP contribution is -2.30. The van der Waals surface area contributed by atoms with E-state index in [4.69, 9.17) is 5.11 Å². The number of carbonyl (C=O) groups is 1. The predicted octanol–water partition coefficient (Wildman–Crippen LogP) is 1.83. The summed E-state index contributed by atoms with van der Waals surface area (Å²) in [5.41, 5.74) is -0.0789. The molecule has 0 aliphatic carbocycles. The van der Waals surface area contributed by atoms with Crippen LogP contribution in [0.25, 0.3) is 0 Å². The molecule has 0 bridgehead atoms. The maximum absolute atomic E-state index is 10.9. The van der Waals surface area contributed by atoms with Gasteiger partial charge in [0.15, 0.2) is 0 Å². The Labute approximate surface area is 111 Å². The molecule has 18 heavy (non-hydrogen) atoms. The zero-order valence-electron chi connectivity index (χ0n) is 9.24. The van der Waals surface area contributed by atoms with E-state index in [1.807, 2.05) is 0 Å². The summed E-state index contributed by atoms with van der Waals surface area (Å²) in [5, 5.41) is 19.7. The zero-order valence-corrected chi connectivity index (χ0v) is 10.8. The molecule has 0 aromatic carbocycles. The van der Waals surface area contributed by atoms with Gasteiger partial charge in [0.25, 0.3) is 0 Å². The zero-order chi connectivity index (χ0) is 13.7. The Morgan fingerprint density at radius 1 is 1.67 bits per heavy atom. The van der Waals surface area contributed by atoms with E-state index in [0.29, 0.717) is 4.47 Å². The Morgan fingerprint density at radius 3 is 2.83 bits per heavy atom. The van der Waals surface area contributed by atoms with Gasteiger partial charge in [-0.05, 0) is 15.9 Å². The molecule has 0 amide bonds. The highest BCUT2D eigenvalue weighted by atomic mass is 79.9. The Balaban J connectivity index is 3.28. The summed E-state index contributed by atoms with van der Waals surface area (Å²) in [7, 11) is 0. The smallest absolute Gasteiger partial charge is 0.323 e. The third-order valence-corrected chi connectivity index (χ3v) is 2.62. The number of nitro groups is 1. The molecule has 0 spiro atoms. The van der Waals surface area contributed by atoms with Crippen LogP contribution in [0.2, 0.25) is 0 Å². The van der Waals surface area contributed by atoms with E-state index in [1.165, 1.54) is 17.2 Å². The van der Waals surface area contributed by atoms with E-state index in [1.54, 1.807) is 0 Å². The molecule has 0 atom stereocenters. The van der Waals surface area contributed by atoms with Gasteiger partial charge in [-0.15, -0.1) is 6.58 Å². The van der Waals surface area contributed by atoms with Gasteiger partial charge < -0.3 is 10.0 Å². The highest BCUT2D eigenvalue weighted by Crippen LogP contribution is 2.34.